The molecule has 0 saturated heterocycles. The molecule has 0 fully saturated rings. The fourth-order valence-electron chi connectivity index (χ4n) is 1.87. The number of pyridine rings is 2. The van der Waals surface area contributed by atoms with Gasteiger partial charge in [-0.2, -0.15) is 9.46 Å². The molecule has 2 amide bonds. The highest BCUT2D eigenvalue weighted by molar-refractivity contribution is 5.94. The number of nitrogens with zero attached hydrogens (tertiary/aromatic N) is 2. The molecule has 0 aliphatic heterocycles. The minimum Gasteiger partial charge on any atom is -0.619 e. The average Bonchev–Trinajstić information content (AvgIpc) is 2.54. The number of amides is 2. The van der Waals surface area contributed by atoms with Crippen molar-refractivity contribution in [2.24, 2.45) is 0 Å². The van der Waals surface area contributed by atoms with Crippen molar-refractivity contribution >= 4 is 11.8 Å². The van der Waals surface area contributed by atoms with Crippen molar-refractivity contribution in [1.82, 2.24) is 10.6 Å². The maximum absolute atomic E-state index is 11.8. The van der Waals surface area contributed by atoms with Crippen LogP contribution in [0.2, 0.25) is 0 Å². The van der Waals surface area contributed by atoms with Gasteiger partial charge in [0.2, 0.25) is 0 Å². The standard InChI is InChI=1S/C15H16N4O4/c20-14(12-4-1-8-18(22)10-12)16-6-3-7-17-15(21)13-5-2-9-19(23)11-13/h1-2,4-5,8-11H,3,6-7H2,(H,16,20)(H,17,21). The highest BCUT2D eigenvalue weighted by atomic mass is 16.5. The van der Waals surface area contributed by atoms with E-state index in [1.165, 1.54) is 36.9 Å². The summed E-state index contributed by atoms with van der Waals surface area (Å²) < 4.78 is 1.11. The van der Waals surface area contributed by atoms with Crippen molar-refractivity contribution in [3.05, 3.63) is 70.6 Å². The molecule has 0 aromatic carbocycles. The van der Waals surface area contributed by atoms with E-state index < -0.39 is 0 Å². The number of hydrogen-bond acceptors (Lipinski definition) is 4. The first-order valence-corrected chi connectivity index (χ1v) is 7.00. The second-order valence-corrected chi connectivity index (χ2v) is 4.77. The molecule has 0 atom stereocenters. The van der Waals surface area contributed by atoms with E-state index in [9.17, 15) is 20.0 Å². The molecule has 0 radical (unpaired) electrons. The van der Waals surface area contributed by atoms with Gasteiger partial charge in [-0.3, -0.25) is 9.59 Å². The van der Waals surface area contributed by atoms with Crippen LogP contribution in [0.5, 0.6) is 0 Å². The van der Waals surface area contributed by atoms with Gasteiger partial charge in [-0.25, -0.2) is 0 Å². The molecule has 2 N–H and O–H groups in total. The molecule has 120 valence electrons. The molecule has 2 heterocycles. The number of nitrogens with one attached hydrogen (secondary N) is 2. The van der Waals surface area contributed by atoms with E-state index in [1.54, 1.807) is 12.1 Å². The van der Waals surface area contributed by atoms with Crippen LogP contribution >= 0.6 is 0 Å². The van der Waals surface area contributed by atoms with Gasteiger partial charge in [0.05, 0.1) is 0 Å². The van der Waals surface area contributed by atoms with E-state index in [4.69, 9.17) is 0 Å². The molecular weight excluding hydrogens is 300 g/mol. The molecule has 2 aromatic heterocycles. The van der Waals surface area contributed by atoms with Crippen LogP contribution in [-0.2, 0) is 0 Å². The fourth-order valence-corrected chi connectivity index (χ4v) is 1.87. The Kier molecular flexibility index (Phi) is 5.45. The molecule has 8 heteroatoms. The molecule has 0 bridgehead atoms. The summed E-state index contributed by atoms with van der Waals surface area (Å²) in [5, 5.41) is 27.4. The lowest BCUT2D eigenvalue weighted by Gasteiger charge is -2.06. The first-order chi connectivity index (χ1) is 11.1. The summed E-state index contributed by atoms with van der Waals surface area (Å²) in [7, 11) is 0. The van der Waals surface area contributed by atoms with Gasteiger partial charge in [-0.05, 0) is 18.6 Å². The van der Waals surface area contributed by atoms with Crippen LogP contribution in [0.15, 0.2) is 49.1 Å². The van der Waals surface area contributed by atoms with Gasteiger partial charge >= 0.3 is 0 Å². The summed E-state index contributed by atoms with van der Waals surface area (Å²) in [6.45, 7) is 0.701. The topological polar surface area (TPSA) is 112 Å². The van der Waals surface area contributed by atoms with Crippen LogP contribution in [-0.4, -0.2) is 24.9 Å². The maximum atomic E-state index is 11.8. The van der Waals surface area contributed by atoms with Gasteiger partial charge in [-0.1, -0.05) is 0 Å². The fraction of sp³-hybridized carbons (Fsp3) is 0.200. The first kappa shape index (κ1) is 16.2. The minimum atomic E-state index is -0.350. The summed E-state index contributed by atoms with van der Waals surface area (Å²) in [4.78, 5) is 23.5. The van der Waals surface area contributed by atoms with Crippen molar-refractivity contribution < 1.29 is 19.0 Å². The molecule has 8 nitrogen and oxygen atoms in total. The van der Waals surface area contributed by atoms with Gasteiger partial charge < -0.3 is 21.0 Å². The Morgan fingerprint density at radius 2 is 1.30 bits per heavy atom. The largest absolute Gasteiger partial charge is 0.619 e. The zero-order valence-corrected chi connectivity index (χ0v) is 12.3. The summed E-state index contributed by atoms with van der Waals surface area (Å²) in [5.41, 5.74) is 0.548. The van der Waals surface area contributed by atoms with E-state index in [1.807, 2.05) is 0 Å². The lowest BCUT2D eigenvalue weighted by Crippen LogP contribution is -2.33. The van der Waals surface area contributed by atoms with Crippen molar-refractivity contribution in [2.45, 2.75) is 6.42 Å². The quantitative estimate of drug-likeness (QED) is 0.425. The third-order valence-electron chi connectivity index (χ3n) is 3.00. The third kappa shape index (κ3) is 4.95. The molecule has 23 heavy (non-hydrogen) atoms. The van der Waals surface area contributed by atoms with Gasteiger partial charge in [0.1, 0.15) is 11.1 Å². The second kappa shape index (κ2) is 7.74. The Hall–Kier alpha value is -3.16. The van der Waals surface area contributed by atoms with Crippen LogP contribution in [0.25, 0.3) is 0 Å². The van der Waals surface area contributed by atoms with Gasteiger partial charge in [0.15, 0.2) is 24.8 Å². The van der Waals surface area contributed by atoms with Crippen LogP contribution < -0.4 is 20.1 Å². The average molecular weight is 316 g/mol. The summed E-state index contributed by atoms with van der Waals surface area (Å²) in [6.07, 6.45) is 5.48. The van der Waals surface area contributed by atoms with Crippen LogP contribution in [0, 0.1) is 10.4 Å². The highest BCUT2D eigenvalue weighted by Crippen LogP contribution is 1.95. The molecule has 0 aliphatic rings. The van der Waals surface area contributed by atoms with Crippen LogP contribution in [0.4, 0.5) is 0 Å². The van der Waals surface area contributed by atoms with Crippen molar-refractivity contribution in [3.63, 3.8) is 0 Å². The number of aromatic nitrogens is 2. The molecule has 0 spiro atoms. The second-order valence-electron chi connectivity index (χ2n) is 4.77. The Morgan fingerprint density at radius 3 is 1.70 bits per heavy atom. The van der Waals surface area contributed by atoms with Gasteiger partial charge in [-0.15, -0.1) is 0 Å². The summed E-state index contributed by atoms with van der Waals surface area (Å²) >= 11 is 0. The number of hydrogen-bond donors (Lipinski definition) is 2. The van der Waals surface area contributed by atoms with Crippen molar-refractivity contribution in [2.75, 3.05) is 13.1 Å². The van der Waals surface area contributed by atoms with Crippen LogP contribution in [0.3, 0.4) is 0 Å². The van der Waals surface area contributed by atoms with Crippen molar-refractivity contribution in [1.29, 1.82) is 0 Å². The zero-order valence-electron chi connectivity index (χ0n) is 12.3. The smallest absolute Gasteiger partial charge is 0.257 e. The first-order valence-electron chi connectivity index (χ1n) is 7.00. The van der Waals surface area contributed by atoms with Crippen molar-refractivity contribution in [3.8, 4) is 0 Å². The Bertz CT molecular complexity index is 646. The number of rotatable bonds is 6. The molecule has 0 saturated carbocycles. The Balaban J connectivity index is 1.69. The molecule has 2 aromatic rings. The monoisotopic (exact) mass is 316 g/mol. The van der Waals surface area contributed by atoms with E-state index in [2.05, 4.69) is 10.6 Å². The normalized spacial score (nSPS) is 10.1. The van der Waals surface area contributed by atoms with Crippen LogP contribution in [0.1, 0.15) is 27.1 Å². The predicted octanol–water partition coefficient (Wildman–Crippen LogP) is -0.497. The molecule has 0 aliphatic carbocycles. The third-order valence-corrected chi connectivity index (χ3v) is 3.00. The summed E-state index contributed by atoms with van der Waals surface area (Å²) in [5.74, 6) is -0.700. The number of carbonyl (C=O) groups is 2. The Morgan fingerprint density at radius 1 is 0.870 bits per heavy atom. The highest BCUT2D eigenvalue weighted by Gasteiger charge is 2.09. The van der Waals surface area contributed by atoms with E-state index >= 15 is 0 Å². The zero-order chi connectivity index (χ0) is 16.7. The molecule has 2 rings (SSSR count). The van der Waals surface area contributed by atoms with E-state index in [0.717, 1.165) is 0 Å². The maximum Gasteiger partial charge on any atom is 0.257 e. The van der Waals surface area contributed by atoms with E-state index in [0.29, 0.717) is 29.0 Å². The van der Waals surface area contributed by atoms with Gasteiger partial charge in [0.25, 0.3) is 11.8 Å². The lowest BCUT2D eigenvalue weighted by molar-refractivity contribution is -0.605. The SMILES string of the molecule is O=C(NCCCNC(=O)c1ccc[n+]([O-])c1)c1ccc[n+]([O-])c1. The van der Waals surface area contributed by atoms with E-state index in [-0.39, 0.29) is 22.9 Å². The van der Waals surface area contributed by atoms with Gasteiger partial charge in [0, 0.05) is 25.2 Å². The molecule has 0 unspecified atom stereocenters. The number of carbonyl (C=O) groups excluding carboxylic acids is 2. The molecular formula is C15H16N4O4. The summed E-state index contributed by atoms with van der Waals surface area (Å²) in [6, 6.07) is 6.06. The Labute approximate surface area is 132 Å². The minimum absolute atomic E-state index is 0.274. The predicted molar refractivity (Wildman–Crippen MR) is 80.1 cm³/mol. The lowest BCUT2D eigenvalue weighted by atomic mass is 10.2.